The van der Waals surface area contributed by atoms with Gasteiger partial charge in [-0.05, 0) is 32.9 Å². The summed E-state index contributed by atoms with van der Waals surface area (Å²) in [4.78, 5) is 36.1. The summed E-state index contributed by atoms with van der Waals surface area (Å²) >= 11 is 0. The zero-order chi connectivity index (χ0) is 24.7. The van der Waals surface area contributed by atoms with Crippen molar-refractivity contribution in [1.29, 1.82) is 0 Å². The van der Waals surface area contributed by atoms with Crippen molar-refractivity contribution in [2.24, 2.45) is 0 Å². The normalized spacial score (nSPS) is 11.8. The molecular weight excluding hydrogens is 457 g/mol. The predicted octanol–water partition coefficient (Wildman–Crippen LogP) is 3.61. The second-order valence-corrected chi connectivity index (χ2v) is 8.72. The zero-order valence-corrected chi connectivity index (χ0v) is 19.0. The summed E-state index contributed by atoms with van der Waals surface area (Å²) in [5, 5.41) is 8.50. The number of nitrogens with zero attached hydrogens (tertiary/aromatic N) is 6. The van der Waals surface area contributed by atoms with Crippen LogP contribution in [0.2, 0.25) is 0 Å². The number of hydrogen-bond acceptors (Lipinski definition) is 8. The molecule has 0 bridgehead atoms. The molecule has 0 aliphatic rings. The summed E-state index contributed by atoms with van der Waals surface area (Å²) in [6, 6.07) is 9.72. The monoisotopic (exact) mass is 477 g/mol. The standard InChI is InChI=1S/C23H20FN7O4/c1-23(2,3)35-22(33)31-18-11-25-19(26-20(18)27-21(31)32)16-10-17(15-8-9-34-29-15)30(28-16)12-13-6-4-5-7-14(13)24/h4-11H,12H2,1-3H3,(H,25,26,27,32). The summed E-state index contributed by atoms with van der Waals surface area (Å²) in [7, 11) is 0. The van der Waals surface area contributed by atoms with Crippen LogP contribution in [-0.4, -0.2) is 46.2 Å². The van der Waals surface area contributed by atoms with Gasteiger partial charge in [-0.2, -0.15) is 9.67 Å². The van der Waals surface area contributed by atoms with Gasteiger partial charge in [-0.15, -0.1) is 0 Å². The van der Waals surface area contributed by atoms with Crippen LogP contribution in [0.4, 0.5) is 9.18 Å². The lowest BCUT2D eigenvalue weighted by molar-refractivity contribution is 0.0538. The van der Waals surface area contributed by atoms with Crippen LogP contribution in [0.1, 0.15) is 26.3 Å². The fraction of sp³-hybridized carbons (Fsp3) is 0.217. The average Bonchev–Trinajstić information content (AvgIpc) is 3.51. The van der Waals surface area contributed by atoms with E-state index in [-0.39, 0.29) is 29.4 Å². The van der Waals surface area contributed by atoms with E-state index in [1.165, 1.54) is 18.5 Å². The third-order valence-corrected chi connectivity index (χ3v) is 5.00. The lowest BCUT2D eigenvalue weighted by Gasteiger charge is -2.19. The summed E-state index contributed by atoms with van der Waals surface area (Å²) in [6.45, 7) is 5.22. The Hall–Kier alpha value is -4.61. The van der Waals surface area contributed by atoms with Gasteiger partial charge < -0.3 is 9.26 Å². The Kier molecular flexibility index (Phi) is 5.27. The number of ether oxygens (including phenoxy) is 1. The Morgan fingerprint density at radius 3 is 2.71 bits per heavy atom. The highest BCUT2D eigenvalue weighted by Crippen LogP contribution is 2.25. The Balaban J connectivity index is 1.56. The quantitative estimate of drug-likeness (QED) is 0.415. The lowest BCUT2D eigenvalue weighted by atomic mass is 10.2. The van der Waals surface area contributed by atoms with Crippen molar-refractivity contribution in [1.82, 2.24) is 34.5 Å². The number of carbonyl (C=O) groups is 1. The van der Waals surface area contributed by atoms with Gasteiger partial charge >= 0.3 is 11.8 Å². The molecule has 0 amide bonds. The van der Waals surface area contributed by atoms with Gasteiger partial charge in [-0.1, -0.05) is 23.4 Å². The van der Waals surface area contributed by atoms with Crippen molar-refractivity contribution in [3.63, 3.8) is 0 Å². The van der Waals surface area contributed by atoms with E-state index in [1.807, 2.05) is 0 Å². The van der Waals surface area contributed by atoms with Crippen molar-refractivity contribution in [2.75, 3.05) is 0 Å². The molecule has 0 saturated carbocycles. The minimum Gasteiger partial charge on any atom is -0.443 e. The van der Waals surface area contributed by atoms with Crippen molar-refractivity contribution in [2.45, 2.75) is 32.9 Å². The SMILES string of the molecule is CC(C)(C)OC(=O)n1c(=O)[nH]c2nc(-c3cc(-c4ccon4)n(Cc4ccccc4F)n3)ncc21. The van der Waals surface area contributed by atoms with E-state index in [1.54, 1.807) is 55.8 Å². The van der Waals surface area contributed by atoms with Gasteiger partial charge in [0.1, 0.15) is 34.6 Å². The van der Waals surface area contributed by atoms with E-state index < -0.39 is 17.4 Å². The molecule has 0 aliphatic heterocycles. The summed E-state index contributed by atoms with van der Waals surface area (Å²) in [5.41, 5.74) is 0.645. The van der Waals surface area contributed by atoms with Crippen LogP contribution in [0.5, 0.6) is 0 Å². The van der Waals surface area contributed by atoms with Gasteiger partial charge in [-0.3, -0.25) is 9.67 Å². The number of H-pyrrole nitrogens is 1. The van der Waals surface area contributed by atoms with Crippen molar-refractivity contribution < 1.29 is 18.4 Å². The van der Waals surface area contributed by atoms with Crippen molar-refractivity contribution in [3.05, 3.63) is 70.7 Å². The molecule has 1 aromatic carbocycles. The number of aromatic amines is 1. The maximum absolute atomic E-state index is 14.3. The Morgan fingerprint density at radius 2 is 2.00 bits per heavy atom. The molecule has 0 spiro atoms. The van der Waals surface area contributed by atoms with Gasteiger partial charge in [0.25, 0.3) is 0 Å². The molecule has 0 atom stereocenters. The molecular formula is C23H20FN7O4. The van der Waals surface area contributed by atoms with E-state index in [2.05, 4.69) is 25.2 Å². The Bertz CT molecular complexity index is 1590. The number of fused-ring (bicyclic) bond motifs is 1. The van der Waals surface area contributed by atoms with E-state index in [4.69, 9.17) is 9.26 Å². The first-order valence-electron chi connectivity index (χ1n) is 10.6. The fourth-order valence-electron chi connectivity index (χ4n) is 3.50. The van der Waals surface area contributed by atoms with Crippen LogP contribution in [0.25, 0.3) is 34.1 Å². The molecule has 4 heterocycles. The highest BCUT2D eigenvalue weighted by molar-refractivity contribution is 5.84. The van der Waals surface area contributed by atoms with Crippen molar-refractivity contribution >= 4 is 17.3 Å². The number of imidazole rings is 1. The lowest BCUT2D eigenvalue weighted by Crippen LogP contribution is -2.32. The molecule has 0 unspecified atom stereocenters. The fourth-order valence-corrected chi connectivity index (χ4v) is 3.50. The van der Waals surface area contributed by atoms with Gasteiger partial charge in [0.05, 0.1) is 18.4 Å². The maximum atomic E-state index is 14.3. The molecule has 0 fully saturated rings. The summed E-state index contributed by atoms with van der Waals surface area (Å²) in [5.74, 6) is -0.179. The Labute approximate surface area is 197 Å². The topological polar surface area (TPSA) is 134 Å². The number of nitrogens with one attached hydrogen (secondary N) is 1. The van der Waals surface area contributed by atoms with Gasteiger partial charge in [0, 0.05) is 11.6 Å². The highest BCUT2D eigenvalue weighted by Gasteiger charge is 2.23. The number of hydrogen-bond donors (Lipinski definition) is 1. The summed E-state index contributed by atoms with van der Waals surface area (Å²) in [6.07, 6.45) is 1.92. The first kappa shape index (κ1) is 22.2. The average molecular weight is 477 g/mol. The largest absolute Gasteiger partial charge is 0.443 e. The van der Waals surface area contributed by atoms with Crippen LogP contribution in [-0.2, 0) is 11.3 Å². The third-order valence-electron chi connectivity index (χ3n) is 5.00. The molecule has 12 heteroatoms. The minimum atomic E-state index is -0.840. The molecule has 0 aliphatic carbocycles. The van der Waals surface area contributed by atoms with Crippen LogP contribution in [0.3, 0.4) is 0 Å². The minimum absolute atomic E-state index is 0.128. The molecule has 0 saturated heterocycles. The summed E-state index contributed by atoms with van der Waals surface area (Å²) < 4.78 is 26.9. The molecule has 1 N–H and O–H groups in total. The van der Waals surface area contributed by atoms with Crippen molar-refractivity contribution in [3.8, 4) is 22.9 Å². The third kappa shape index (κ3) is 4.33. The number of benzene rings is 1. The smallest absolute Gasteiger partial charge is 0.423 e. The van der Waals surface area contributed by atoms with E-state index in [9.17, 15) is 14.0 Å². The number of carbonyl (C=O) groups excluding carboxylic acids is 1. The zero-order valence-electron chi connectivity index (χ0n) is 19.0. The second kappa shape index (κ2) is 8.31. The molecule has 178 valence electrons. The van der Waals surface area contributed by atoms with Gasteiger partial charge in [-0.25, -0.2) is 23.9 Å². The first-order valence-corrected chi connectivity index (χ1v) is 10.6. The van der Waals surface area contributed by atoms with Gasteiger partial charge in [0.15, 0.2) is 11.5 Å². The maximum Gasteiger partial charge on any atom is 0.423 e. The van der Waals surface area contributed by atoms with E-state index >= 15 is 0 Å². The van der Waals surface area contributed by atoms with Crippen LogP contribution >= 0.6 is 0 Å². The molecule has 5 aromatic rings. The first-order chi connectivity index (χ1) is 16.7. The van der Waals surface area contributed by atoms with Crippen LogP contribution in [0.15, 0.2) is 58.2 Å². The molecule has 0 radical (unpaired) electrons. The molecule has 35 heavy (non-hydrogen) atoms. The number of aromatic nitrogens is 7. The molecule has 5 rings (SSSR count). The second-order valence-electron chi connectivity index (χ2n) is 8.72. The molecule has 4 aromatic heterocycles. The molecule has 11 nitrogen and oxygen atoms in total. The predicted molar refractivity (Wildman–Crippen MR) is 122 cm³/mol. The van der Waals surface area contributed by atoms with E-state index in [0.29, 0.717) is 22.6 Å². The number of rotatable bonds is 4. The van der Waals surface area contributed by atoms with Crippen LogP contribution < -0.4 is 5.69 Å². The van der Waals surface area contributed by atoms with Gasteiger partial charge in [0.2, 0.25) is 0 Å². The number of halogens is 1. The van der Waals surface area contributed by atoms with Crippen LogP contribution in [0, 0.1) is 5.82 Å². The van der Waals surface area contributed by atoms with E-state index in [0.717, 1.165) is 4.57 Å². The highest BCUT2D eigenvalue weighted by atomic mass is 19.1. The Morgan fingerprint density at radius 1 is 1.20 bits per heavy atom.